The van der Waals surface area contributed by atoms with Gasteiger partial charge in [-0.05, 0) is 48.2 Å². The molecule has 1 amide bonds. The number of para-hydroxylation sites is 1. The predicted octanol–water partition coefficient (Wildman–Crippen LogP) is 6.25. The summed E-state index contributed by atoms with van der Waals surface area (Å²) in [6.45, 7) is 1.79. The van der Waals surface area contributed by atoms with Gasteiger partial charge in [-0.15, -0.1) is 11.3 Å². The first-order chi connectivity index (χ1) is 15.9. The lowest BCUT2D eigenvalue weighted by molar-refractivity contribution is -0.117. The van der Waals surface area contributed by atoms with Crippen LogP contribution < -0.4 is 9.64 Å². The van der Waals surface area contributed by atoms with Gasteiger partial charge in [0, 0.05) is 21.0 Å². The van der Waals surface area contributed by atoms with Crippen molar-refractivity contribution in [3.8, 4) is 5.75 Å². The molecule has 0 spiro atoms. The molecule has 6 nitrogen and oxygen atoms in total. The molecule has 1 unspecified atom stereocenters. The average molecular weight is 480 g/mol. The monoisotopic (exact) mass is 479 g/mol. The summed E-state index contributed by atoms with van der Waals surface area (Å²) >= 11 is 7.70. The van der Waals surface area contributed by atoms with Crippen molar-refractivity contribution in [1.29, 1.82) is 0 Å². The number of rotatable bonds is 5. The van der Waals surface area contributed by atoms with E-state index >= 15 is 0 Å². The lowest BCUT2D eigenvalue weighted by atomic mass is 9.99. The van der Waals surface area contributed by atoms with Crippen LogP contribution in [-0.4, -0.2) is 23.9 Å². The number of hydrogen-bond acceptors (Lipinski definition) is 6. The zero-order chi connectivity index (χ0) is 23.3. The molecule has 1 aliphatic heterocycles. The van der Waals surface area contributed by atoms with Crippen LogP contribution in [0.5, 0.6) is 5.75 Å². The molecule has 1 atom stereocenters. The molecule has 2 aromatic heterocycles. The molecule has 2 aromatic carbocycles. The lowest BCUT2D eigenvalue weighted by Crippen LogP contribution is -2.31. The number of carbonyl (C=O) groups is 2. The van der Waals surface area contributed by atoms with E-state index < -0.39 is 23.5 Å². The number of methoxy groups -OCH3 is 1. The summed E-state index contributed by atoms with van der Waals surface area (Å²) in [7, 11) is 1.51. The number of aliphatic hydroxyl groups excluding tert-OH is 1. The highest BCUT2D eigenvalue weighted by atomic mass is 35.5. The van der Waals surface area contributed by atoms with Crippen LogP contribution in [0.4, 0.5) is 5.69 Å². The Labute approximate surface area is 198 Å². The van der Waals surface area contributed by atoms with E-state index in [9.17, 15) is 14.7 Å². The topological polar surface area (TPSA) is 80.0 Å². The van der Waals surface area contributed by atoms with Crippen LogP contribution in [0.1, 0.15) is 27.0 Å². The molecule has 1 N–H and O–H groups in total. The van der Waals surface area contributed by atoms with Crippen molar-refractivity contribution in [2.45, 2.75) is 13.0 Å². The summed E-state index contributed by atoms with van der Waals surface area (Å²) in [6.07, 6.45) is 0. The molecule has 33 heavy (non-hydrogen) atoms. The van der Waals surface area contributed by atoms with Gasteiger partial charge in [0.2, 0.25) is 5.78 Å². The molecule has 0 fully saturated rings. The Morgan fingerprint density at radius 2 is 1.97 bits per heavy atom. The van der Waals surface area contributed by atoms with Crippen LogP contribution in [0.3, 0.4) is 0 Å². The fraction of sp³-hybridized carbons (Fsp3) is 0.120. The summed E-state index contributed by atoms with van der Waals surface area (Å²) in [4.78, 5) is 29.1. The first kappa shape index (κ1) is 21.3. The number of halogens is 1. The van der Waals surface area contributed by atoms with Gasteiger partial charge in [0.25, 0.3) is 5.91 Å². The number of hydrogen-bond donors (Lipinski definition) is 1. The highest BCUT2D eigenvalue weighted by molar-refractivity contribution is 7.10. The molecule has 0 radical (unpaired) electrons. The second kappa shape index (κ2) is 8.10. The Balaban J connectivity index is 1.67. The van der Waals surface area contributed by atoms with E-state index in [2.05, 4.69) is 0 Å². The standard InChI is InChI=1S/C25H18ClNO5S/c1-13-15(26)7-4-8-16(13)27-21(19-10-5-11-33-19)20(23(29)25(27)30)22(28)18-12-14-6-3-9-17(31-2)24(14)32-18/h3-12,21,29H,1-2H3. The Bertz CT molecular complexity index is 1440. The maximum absolute atomic E-state index is 13.7. The van der Waals surface area contributed by atoms with Gasteiger partial charge in [-0.3, -0.25) is 14.5 Å². The van der Waals surface area contributed by atoms with E-state index in [0.717, 1.165) is 4.88 Å². The molecule has 5 rings (SSSR count). The van der Waals surface area contributed by atoms with Crippen molar-refractivity contribution in [3.05, 3.63) is 92.5 Å². The zero-order valence-electron chi connectivity index (χ0n) is 17.7. The minimum Gasteiger partial charge on any atom is -0.503 e. The lowest BCUT2D eigenvalue weighted by Gasteiger charge is -2.27. The molecule has 0 saturated heterocycles. The van der Waals surface area contributed by atoms with E-state index in [0.29, 0.717) is 33.0 Å². The number of Topliss-reactive ketones (excluding diaryl/α,β-unsaturated/α-hetero) is 1. The number of amides is 1. The number of fused-ring (bicyclic) bond motifs is 1. The quantitative estimate of drug-likeness (QED) is 0.342. The van der Waals surface area contributed by atoms with Crippen molar-refractivity contribution in [3.63, 3.8) is 0 Å². The fourth-order valence-corrected chi connectivity index (χ4v) is 5.09. The van der Waals surface area contributed by atoms with E-state index in [1.807, 2.05) is 17.5 Å². The van der Waals surface area contributed by atoms with Crippen molar-refractivity contribution in [1.82, 2.24) is 0 Å². The van der Waals surface area contributed by atoms with Gasteiger partial charge >= 0.3 is 0 Å². The number of nitrogens with zero attached hydrogens (tertiary/aromatic N) is 1. The van der Waals surface area contributed by atoms with Gasteiger partial charge in [-0.1, -0.05) is 35.9 Å². The summed E-state index contributed by atoms with van der Waals surface area (Å²) in [6, 6.07) is 14.9. The minimum absolute atomic E-state index is 0.00933. The minimum atomic E-state index is -0.822. The van der Waals surface area contributed by atoms with Crippen LogP contribution in [0, 0.1) is 6.92 Å². The molecule has 3 heterocycles. The number of ketones is 1. The molecule has 166 valence electrons. The molecular weight excluding hydrogens is 462 g/mol. The number of aliphatic hydroxyl groups is 1. The third-order valence-electron chi connectivity index (χ3n) is 5.72. The largest absolute Gasteiger partial charge is 0.503 e. The van der Waals surface area contributed by atoms with Gasteiger partial charge in [-0.2, -0.15) is 0 Å². The second-order valence-electron chi connectivity index (χ2n) is 7.56. The molecular formula is C25H18ClNO5S. The summed E-state index contributed by atoms with van der Waals surface area (Å²) in [5.74, 6) is -1.35. The van der Waals surface area contributed by atoms with Crippen molar-refractivity contribution in [2.24, 2.45) is 0 Å². The number of thiophene rings is 1. The Kier molecular flexibility index (Phi) is 5.23. The van der Waals surface area contributed by atoms with Crippen molar-refractivity contribution < 1.29 is 23.8 Å². The van der Waals surface area contributed by atoms with Crippen LogP contribution in [0.2, 0.25) is 5.02 Å². The Morgan fingerprint density at radius 3 is 2.70 bits per heavy atom. The van der Waals surface area contributed by atoms with Crippen molar-refractivity contribution >= 4 is 51.3 Å². The highest BCUT2D eigenvalue weighted by Gasteiger charge is 2.46. The SMILES string of the molecule is COc1cccc2cc(C(=O)C3=C(O)C(=O)N(c4cccc(Cl)c4C)C3c3cccs3)oc12. The van der Waals surface area contributed by atoms with Gasteiger partial charge in [0.1, 0.15) is 6.04 Å². The maximum atomic E-state index is 13.7. The summed E-state index contributed by atoms with van der Waals surface area (Å²) in [5.41, 5.74) is 1.57. The average Bonchev–Trinajstić information content (AvgIpc) is 3.54. The second-order valence-corrected chi connectivity index (χ2v) is 8.94. The number of carbonyl (C=O) groups excluding carboxylic acids is 2. The van der Waals surface area contributed by atoms with Crippen molar-refractivity contribution in [2.75, 3.05) is 12.0 Å². The molecule has 1 aliphatic rings. The molecule has 0 saturated carbocycles. The zero-order valence-corrected chi connectivity index (χ0v) is 19.2. The van der Waals surface area contributed by atoms with Crippen LogP contribution >= 0.6 is 22.9 Å². The Hall–Kier alpha value is -3.55. The Morgan fingerprint density at radius 1 is 1.18 bits per heavy atom. The van der Waals surface area contributed by atoms with Gasteiger partial charge < -0.3 is 14.3 Å². The molecule has 4 aromatic rings. The molecule has 8 heteroatoms. The highest BCUT2D eigenvalue weighted by Crippen LogP contribution is 2.45. The predicted molar refractivity (Wildman–Crippen MR) is 127 cm³/mol. The van der Waals surface area contributed by atoms with Gasteiger partial charge in [0.05, 0.1) is 12.7 Å². The van der Waals surface area contributed by atoms with E-state index in [1.165, 1.54) is 23.3 Å². The fourth-order valence-electron chi connectivity index (χ4n) is 4.10. The number of anilines is 1. The number of benzene rings is 2. The maximum Gasteiger partial charge on any atom is 0.294 e. The third-order valence-corrected chi connectivity index (χ3v) is 7.05. The smallest absolute Gasteiger partial charge is 0.294 e. The summed E-state index contributed by atoms with van der Waals surface area (Å²) in [5, 5.41) is 13.9. The number of ether oxygens (including phenoxy) is 1. The first-order valence-electron chi connectivity index (χ1n) is 10.1. The van der Waals surface area contributed by atoms with E-state index in [-0.39, 0.29) is 11.3 Å². The molecule has 0 aliphatic carbocycles. The van der Waals surface area contributed by atoms with E-state index in [4.69, 9.17) is 20.8 Å². The first-order valence-corrected chi connectivity index (χ1v) is 11.3. The van der Waals surface area contributed by atoms with Gasteiger partial charge in [-0.25, -0.2) is 0 Å². The number of furan rings is 1. The van der Waals surface area contributed by atoms with Crippen LogP contribution in [0.25, 0.3) is 11.0 Å². The molecule has 0 bridgehead atoms. The van der Waals surface area contributed by atoms with Gasteiger partial charge in [0.15, 0.2) is 22.9 Å². The van der Waals surface area contributed by atoms with Crippen LogP contribution in [0.15, 0.2) is 75.7 Å². The van der Waals surface area contributed by atoms with Crippen LogP contribution in [-0.2, 0) is 4.79 Å². The third kappa shape index (κ3) is 3.32. The van der Waals surface area contributed by atoms with E-state index in [1.54, 1.807) is 49.4 Å². The normalized spacial score (nSPS) is 16.2. The summed E-state index contributed by atoms with van der Waals surface area (Å²) < 4.78 is 11.2.